The van der Waals surface area contributed by atoms with Crippen molar-refractivity contribution in [1.29, 1.82) is 0 Å². The Balaban J connectivity index is 2.37. The largest absolute Gasteiger partial charge is 0.293 e. The second kappa shape index (κ2) is 6.02. The topological polar surface area (TPSA) is 63.5 Å². The molecule has 0 bridgehead atoms. The lowest BCUT2D eigenvalue weighted by atomic mass is 10.2. The van der Waals surface area contributed by atoms with Crippen LogP contribution in [0.1, 0.15) is 12.5 Å². The van der Waals surface area contributed by atoms with Crippen LogP contribution in [0.5, 0.6) is 0 Å². The highest BCUT2D eigenvalue weighted by atomic mass is 79.9. The van der Waals surface area contributed by atoms with Gasteiger partial charge in [0, 0.05) is 12.6 Å². The maximum absolute atomic E-state index is 12.0. The quantitative estimate of drug-likeness (QED) is 0.351. The number of carbonyl (C=O) groups is 1. The van der Waals surface area contributed by atoms with Crippen LogP contribution < -0.4 is 0 Å². The molecule has 1 fully saturated rings. The first-order valence-corrected chi connectivity index (χ1v) is 7.65. The Kier molecular flexibility index (Phi) is 4.56. The lowest BCUT2D eigenvalue weighted by Crippen LogP contribution is -2.27. The Morgan fingerprint density at radius 1 is 1.55 bits per heavy atom. The van der Waals surface area contributed by atoms with Crippen LogP contribution >= 0.6 is 39.9 Å². The molecule has 1 aromatic rings. The maximum atomic E-state index is 12.0. The van der Waals surface area contributed by atoms with E-state index in [9.17, 15) is 14.9 Å². The number of carbonyl (C=O) groups excluding carboxylic acids is 1. The van der Waals surface area contributed by atoms with E-state index < -0.39 is 4.92 Å². The van der Waals surface area contributed by atoms with E-state index in [2.05, 4.69) is 15.9 Å². The molecule has 104 valence electrons. The van der Waals surface area contributed by atoms with Gasteiger partial charge in [0.1, 0.15) is 4.32 Å². The van der Waals surface area contributed by atoms with Gasteiger partial charge in [-0.15, -0.1) is 0 Å². The molecule has 1 aromatic carbocycles. The van der Waals surface area contributed by atoms with Gasteiger partial charge in [-0.05, 0) is 40.6 Å². The second-order valence-electron chi connectivity index (χ2n) is 3.89. The van der Waals surface area contributed by atoms with Crippen LogP contribution in [-0.4, -0.2) is 26.6 Å². The molecule has 5 nitrogen and oxygen atoms in total. The molecule has 0 radical (unpaired) electrons. The summed E-state index contributed by atoms with van der Waals surface area (Å²) < 4.78 is 0.913. The Hall–Kier alpha value is -1.25. The highest BCUT2D eigenvalue weighted by Gasteiger charge is 2.30. The van der Waals surface area contributed by atoms with Crippen LogP contribution in [0.25, 0.3) is 6.08 Å². The van der Waals surface area contributed by atoms with E-state index in [0.29, 0.717) is 25.8 Å². The molecule has 8 heteroatoms. The van der Waals surface area contributed by atoms with Gasteiger partial charge in [-0.3, -0.25) is 19.8 Å². The third-order valence-electron chi connectivity index (χ3n) is 2.65. The summed E-state index contributed by atoms with van der Waals surface area (Å²) in [5.41, 5.74) is 0.557. The molecule has 20 heavy (non-hydrogen) atoms. The lowest BCUT2D eigenvalue weighted by Gasteiger charge is -2.09. The van der Waals surface area contributed by atoms with Crippen molar-refractivity contribution in [2.75, 3.05) is 6.54 Å². The van der Waals surface area contributed by atoms with Gasteiger partial charge in [-0.2, -0.15) is 0 Å². The summed E-state index contributed by atoms with van der Waals surface area (Å²) in [6.45, 7) is 2.36. The fourth-order valence-corrected chi connectivity index (χ4v) is 3.46. The first kappa shape index (κ1) is 15.1. The van der Waals surface area contributed by atoms with Crippen LogP contribution in [0.15, 0.2) is 27.6 Å². The van der Waals surface area contributed by atoms with Crippen molar-refractivity contribution in [3.05, 3.63) is 43.3 Å². The molecule has 0 N–H and O–H groups in total. The number of benzene rings is 1. The number of rotatable bonds is 3. The average molecular weight is 373 g/mol. The number of thioether (sulfide) groups is 1. The summed E-state index contributed by atoms with van der Waals surface area (Å²) in [6.07, 6.45) is 1.62. The normalized spacial score (nSPS) is 17.1. The van der Waals surface area contributed by atoms with Gasteiger partial charge in [0.15, 0.2) is 0 Å². The zero-order chi connectivity index (χ0) is 14.9. The van der Waals surface area contributed by atoms with Crippen LogP contribution in [0.2, 0.25) is 0 Å². The summed E-state index contributed by atoms with van der Waals surface area (Å²) in [5, 5.41) is 10.9. The predicted molar refractivity (Wildman–Crippen MR) is 86.3 cm³/mol. The minimum Gasteiger partial charge on any atom is -0.293 e. The molecule has 1 amide bonds. The molecule has 0 saturated carbocycles. The molecule has 1 saturated heterocycles. The van der Waals surface area contributed by atoms with E-state index in [1.807, 2.05) is 6.92 Å². The molecule has 0 unspecified atom stereocenters. The molecule has 0 aromatic heterocycles. The molecule has 2 rings (SSSR count). The van der Waals surface area contributed by atoms with Gasteiger partial charge < -0.3 is 0 Å². The molecular weight excluding hydrogens is 364 g/mol. The van der Waals surface area contributed by atoms with E-state index in [1.165, 1.54) is 22.7 Å². The summed E-state index contributed by atoms with van der Waals surface area (Å²) in [5.74, 6) is -0.159. The van der Waals surface area contributed by atoms with E-state index >= 15 is 0 Å². The van der Waals surface area contributed by atoms with Crippen LogP contribution in [-0.2, 0) is 4.79 Å². The van der Waals surface area contributed by atoms with E-state index in [-0.39, 0.29) is 11.6 Å². The molecule has 1 aliphatic rings. The monoisotopic (exact) mass is 372 g/mol. The predicted octanol–water partition coefficient (Wildman–Crippen LogP) is 3.58. The molecule has 1 heterocycles. The number of nitrogens with zero attached hydrogens (tertiary/aromatic N) is 2. The minimum absolute atomic E-state index is 0.0373. The van der Waals surface area contributed by atoms with Crippen molar-refractivity contribution in [3.63, 3.8) is 0 Å². The van der Waals surface area contributed by atoms with Crippen molar-refractivity contribution in [3.8, 4) is 0 Å². The van der Waals surface area contributed by atoms with Crippen LogP contribution in [0.3, 0.4) is 0 Å². The molecule has 1 aliphatic heterocycles. The Labute approximate surface area is 133 Å². The Bertz CT molecular complexity index is 646. The molecule has 0 aliphatic carbocycles. The van der Waals surface area contributed by atoms with Crippen LogP contribution in [0, 0.1) is 10.1 Å². The highest BCUT2D eigenvalue weighted by Crippen LogP contribution is 2.33. The number of amides is 1. The third kappa shape index (κ3) is 2.92. The standard InChI is InChI=1S/C12H9BrN2O3S2/c1-2-14-11(16)10(20-12(14)19)6-7-3-4-8(13)9(5-7)15(17)18/h3-6H,2H2,1H3/b10-6-. The number of halogens is 1. The van der Waals surface area contributed by atoms with Crippen molar-refractivity contribution in [2.45, 2.75) is 6.92 Å². The zero-order valence-corrected chi connectivity index (χ0v) is 13.5. The van der Waals surface area contributed by atoms with Crippen LogP contribution in [0.4, 0.5) is 5.69 Å². The number of nitro benzene ring substituents is 1. The van der Waals surface area contributed by atoms with Gasteiger partial charge in [0.2, 0.25) is 0 Å². The van der Waals surface area contributed by atoms with Gasteiger partial charge in [-0.25, -0.2) is 0 Å². The summed E-state index contributed by atoms with van der Waals surface area (Å²) in [7, 11) is 0. The van der Waals surface area contributed by atoms with Crippen molar-refractivity contribution in [1.82, 2.24) is 4.90 Å². The molecule has 0 atom stereocenters. The smallest absolute Gasteiger partial charge is 0.284 e. The van der Waals surface area contributed by atoms with Crippen molar-refractivity contribution >= 4 is 61.9 Å². The van der Waals surface area contributed by atoms with Crippen molar-refractivity contribution in [2.24, 2.45) is 0 Å². The number of hydrogen-bond acceptors (Lipinski definition) is 5. The number of nitro groups is 1. The summed E-state index contributed by atoms with van der Waals surface area (Å²) in [4.78, 5) is 24.4. The Morgan fingerprint density at radius 3 is 2.80 bits per heavy atom. The number of thiocarbonyl (C=S) groups is 1. The lowest BCUT2D eigenvalue weighted by molar-refractivity contribution is -0.385. The summed E-state index contributed by atoms with van der Waals surface area (Å²) in [6, 6.07) is 4.71. The summed E-state index contributed by atoms with van der Waals surface area (Å²) >= 11 is 9.44. The zero-order valence-electron chi connectivity index (χ0n) is 10.3. The molecular formula is C12H9BrN2O3S2. The van der Waals surface area contributed by atoms with E-state index in [1.54, 1.807) is 18.2 Å². The number of likely N-dealkylation sites (N-methyl/N-ethyl adjacent to an activating group) is 1. The van der Waals surface area contributed by atoms with Crippen molar-refractivity contribution < 1.29 is 9.72 Å². The highest BCUT2D eigenvalue weighted by molar-refractivity contribution is 9.10. The third-order valence-corrected chi connectivity index (χ3v) is 4.70. The van der Waals surface area contributed by atoms with E-state index in [4.69, 9.17) is 12.2 Å². The van der Waals surface area contributed by atoms with Gasteiger partial charge in [0.25, 0.3) is 11.6 Å². The fourth-order valence-electron chi connectivity index (χ4n) is 1.68. The SMILES string of the molecule is CCN1C(=O)/C(=C/c2ccc(Br)c([N+](=O)[O-])c2)SC1=S. The first-order chi connectivity index (χ1) is 9.43. The second-order valence-corrected chi connectivity index (χ2v) is 6.42. The average Bonchev–Trinajstić information content (AvgIpc) is 2.66. The Morgan fingerprint density at radius 2 is 2.25 bits per heavy atom. The van der Waals surface area contributed by atoms with Gasteiger partial charge in [0.05, 0.1) is 14.3 Å². The first-order valence-electron chi connectivity index (χ1n) is 5.63. The maximum Gasteiger partial charge on any atom is 0.284 e. The minimum atomic E-state index is -0.474. The fraction of sp³-hybridized carbons (Fsp3) is 0.167. The van der Waals surface area contributed by atoms with Gasteiger partial charge in [-0.1, -0.05) is 30.0 Å². The van der Waals surface area contributed by atoms with Gasteiger partial charge >= 0.3 is 0 Å². The molecule has 0 spiro atoms. The number of hydrogen-bond donors (Lipinski definition) is 0. The van der Waals surface area contributed by atoms with E-state index in [0.717, 1.165) is 0 Å².